The average molecular weight is 251 g/mol. The summed E-state index contributed by atoms with van der Waals surface area (Å²) in [5.41, 5.74) is 7.87. The first kappa shape index (κ1) is 11.9. The molecule has 96 valence electrons. The van der Waals surface area contributed by atoms with Gasteiger partial charge in [-0.15, -0.1) is 10.2 Å². The lowest BCUT2D eigenvalue weighted by molar-refractivity contribution is 0.758. The van der Waals surface area contributed by atoms with E-state index in [1.807, 2.05) is 6.07 Å². The Balaban J connectivity index is 2.24. The fourth-order valence-electron chi connectivity index (χ4n) is 2.36. The van der Waals surface area contributed by atoms with E-state index in [9.17, 15) is 0 Å². The highest BCUT2D eigenvalue weighted by molar-refractivity contribution is 5.74. The zero-order valence-corrected chi connectivity index (χ0v) is 11.7. The molecule has 0 fully saturated rings. The Labute approximate surface area is 112 Å². The third kappa shape index (κ3) is 2.01. The maximum atomic E-state index is 4.59. The van der Waals surface area contributed by atoms with Gasteiger partial charge in [-0.3, -0.25) is 0 Å². The van der Waals surface area contributed by atoms with Crippen LogP contribution in [0.1, 0.15) is 22.3 Å². The predicted octanol–water partition coefficient (Wildman–Crippen LogP) is 3.65. The standard InChI is InChI=1S/C16H17N3/c1-10-5-6-14-15(8-10)18-19(17-14)16-9-11(2)7-12(3)13(16)4/h5-9H,1-4H3. The van der Waals surface area contributed by atoms with Crippen molar-refractivity contribution >= 4 is 11.0 Å². The van der Waals surface area contributed by atoms with Gasteiger partial charge in [0.25, 0.3) is 0 Å². The summed E-state index contributed by atoms with van der Waals surface area (Å²) in [4.78, 5) is 1.75. The molecular weight excluding hydrogens is 234 g/mol. The molecule has 3 rings (SSSR count). The number of fused-ring (bicyclic) bond motifs is 1. The summed E-state index contributed by atoms with van der Waals surface area (Å²) in [6, 6.07) is 10.5. The van der Waals surface area contributed by atoms with Crippen molar-refractivity contribution in [2.24, 2.45) is 0 Å². The molecule has 0 saturated carbocycles. The highest BCUT2D eigenvalue weighted by Gasteiger charge is 2.09. The van der Waals surface area contributed by atoms with Gasteiger partial charge in [0.2, 0.25) is 0 Å². The number of hydrogen-bond acceptors (Lipinski definition) is 2. The van der Waals surface area contributed by atoms with E-state index in [1.54, 1.807) is 4.80 Å². The first-order chi connectivity index (χ1) is 9.04. The summed E-state index contributed by atoms with van der Waals surface area (Å²) < 4.78 is 0. The largest absolute Gasteiger partial charge is 0.150 e. The maximum Gasteiger partial charge on any atom is 0.113 e. The molecule has 0 unspecified atom stereocenters. The predicted molar refractivity (Wildman–Crippen MR) is 77.8 cm³/mol. The van der Waals surface area contributed by atoms with Crippen molar-refractivity contribution in [3.63, 3.8) is 0 Å². The van der Waals surface area contributed by atoms with Gasteiger partial charge in [0.05, 0.1) is 5.69 Å². The molecule has 0 bridgehead atoms. The summed E-state index contributed by atoms with van der Waals surface area (Å²) in [5.74, 6) is 0. The Bertz CT molecular complexity index is 769. The van der Waals surface area contributed by atoms with Gasteiger partial charge in [0, 0.05) is 0 Å². The Morgan fingerprint density at radius 3 is 2.32 bits per heavy atom. The third-order valence-electron chi connectivity index (χ3n) is 3.54. The minimum atomic E-state index is 0.934. The van der Waals surface area contributed by atoms with Gasteiger partial charge in [-0.05, 0) is 68.1 Å². The van der Waals surface area contributed by atoms with Crippen LogP contribution in [0.25, 0.3) is 16.7 Å². The van der Waals surface area contributed by atoms with Gasteiger partial charge < -0.3 is 0 Å². The molecule has 0 aliphatic carbocycles. The second-order valence-electron chi connectivity index (χ2n) is 5.21. The van der Waals surface area contributed by atoms with Gasteiger partial charge in [-0.1, -0.05) is 12.1 Å². The molecule has 2 aromatic carbocycles. The van der Waals surface area contributed by atoms with Gasteiger partial charge in [-0.25, -0.2) is 0 Å². The highest BCUT2D eigenvalue weighted by Crippen LogP contribution is 2.20. The fourth-order valence-corrected chi connectivity index (χ4v) is 2.36. The average Bonchev–Trinajstić information content (AvgIpc) is 2.76. The lowest BCUT2D eigenvalue weighted by Gasteiger charge is -2.08. The smallest absolute Gasteiger partial charge is 0.113 e. The fraction of sp³-hybridized carbons (Fsp3) is 0.250. The SMILES string of the molecule is Cc1cc(C)c(C)c(-n2nc3ccc(C)cc3n2)c1. The molecule has 0 N–H and O–H groups in total. The van der Waals surface area contributed by atoms with Crippen LogP contribution in [0.3, 0.4) is 0 Å². The van der Waals surface area contributed by atoms with Crippen LogP contribution >= 0.6 is 0 Å². The molecule has 0 aliphatic heterocycles. The molecule has 3 aromatic rings. The minimum Gasteiger partial charge on any atom is -0.150 e. The third-order valence-corrected chi connectivity index (χ3v) is 3.54. The molecule has 0 atom stereocenters. The summed E-state index contributed by atoms with van der Waals surface area (Å²) in [6.07, 6.45) is 0. The van der Waals surface area contributed by atoms with Crippen molar-refractivity contribution in [3.05, 3.63) is 52.6 Å². The summed E-state index contributed by atoms with van der Waals surface area (Å²) in [5, 5.41) is 9.17. The van der Waals surface area contributed by atoms with Crippen molar-refractivity contribution < 1.29 is 0 Å². The number of rotatable bonds is 1. The van der Waals surface area contributed by atoms with Crippen LogP contribution in [0, 0.1) is 27.7 Å². The Morgan fingerprint density at radius 1 is 0.789 bits per heavy atom. The van der Waals surface area contributed by atoms with Crippen molar-refractivity contribution in [1.82, 2.24) is 15.0 Å². The van der Waals surface area contributed by atoms with Crippen LogP contribution in [0.5, 0.6) is 0 Å². The van der Waals surface area contributed by atoms with Gasteiger partial charge in [0.15, 0.2) is 0 Å². The second-order valence-corrected chi connectivity index (χ2v) is 5.21. The zero-order chi connectivity index (χ0) is 13.6. The van der Waals surface area contributed by atoms with Crippen molar-refractivity contribution in [1.29, 1.82) is 0 Å². The molecule has 0 radical (unpaired) electrons. The molecule has 0 spiro atoms. The molecule has 0 aliphatic rings. The van der Waals surface area contributed by atoms with Crippen molar-refractivity contribution in [2.45, 2.75) is 27.7 Å². The monoisotopic (exact) mass is 251 g/mol. The number of aromatic nitrogens is 3. The topological polar surface area (TPSA) is 30.7 Å². The van der Waals surface area contributed by atoms with Crippen molar-refractivity contribution in [3.8, 4) is 5.69 Å². The van der Waals surface area contributed by atoms with Crippen LogP contribution in [-0.4, -0.2) is 15.0 Å². The number of benzene rings is 2. The van der Waals surface area contributed by atoms with E-state index in [4.69, 9.17) is 0 Å². The second kappa shape index (κ2) is 4.19. The van der Waals surface area contributed by atoms with E-state index in [2.05, 4.69) is 62.2 Å². The Hall–Kier alpha value is -2.16. The molecule has 19 heavy (non-hydrogen) atoms. The van der Waals surface area contributed by atoms with E-state index in [1.165, 1.54) is 22.3 Å². The summed E-state index contributed by atoms with van der Waals surface area (Å²) >= 11 is 0. The van der Waals surface area contributed by atoms with Crippen LogP contribution in [-0.2, 0) is 0 Å². The normalized spacial score (nSPS) is 11.2. The van der Waals surface area contributed by atoms with Crippen LogP contribution in [0.2, 0.25) is 0 Å². The molecule has 3 heteroatoms. The van der Waals surface area contributed by atoms with E-state index in [-0.39, 0.29) is 0 Å². The molecule has 3 nitrogen and oxygen atoms in total. The Morgan fingerprint density at radius 2 is 1.53 bits per heavy atom. The first-order valence-electron chi connectivity index (χ1n) is 6.46. The number of hydrogen-bond donors (Lipinski definition) is 0. The maximum absolute atomic E-state index is 4.59. The first-order valence-corrected chi connectivity index (χ1v) is 6.46. The molecule has 0 saturated heterocycles. The Kier molecular flexibility index (Phi) is 2.63. The highest BCUT2D eigenvalue weighted by atomic mass is 15.5. The van der Waals surface area contributed by atoms with Gasteiger partial charge in [0.1, 0.15) is 11.0 Å². The van der Waals surface area contributed by atoms with E-state index in [0.717, 1.165) is 16.7 Å². The molecule has 1 heterocycles. The number of nitrogens with zero attached hydrogens (tertiary/aromatic N) is 3. The summed E-state index contributed by atoms with van der Waals surface area (Å²) in [6.45, 7) is 8.41. The minimum absolute atomic E-state index is 0.934. The summed E-state index contributed by atoms with van der Waals surface area (Å²) in [7, 11) is 0. The number of aryl methyl sites for hydroxylation is 3. The van der Waals surface area contributed by atoms with Crippen LogP contribution < -0.4 is 0 Å². The van der Waals surface area contributed by atoms with Crippen molar-refractivity contribution in [2.75, 3.05) is 0 Å². The van der Waals surface area contributed by atoms with E-state index in [0.29, 0.717) is 0 Å². The molecule has 1 aromatic heterocycles. The van der Waals surface area contributed by atoms with E-state index < -0.39 is 0 Å². The van der Waals surface area contributed by atoms with E-state index >= 15 is 0 Å². The van der Waals surface area contributed by atoms with Crippen LogP contribution in [0.15, 0.2) is 30.3 Å². The van der Waals surface area contributed by atoms with Gasteiger partial charge in [-0.2, -0.15) is 4.80 Å². The van der Waals surface area contributed by atoms with Gasteiger partial charge >= 0.3 is 0 Å². The van der Waals surface area contributed by atoms with Crippen LogP contribution in [0.4, 0.5) is 0 Å². The molecule has 0 amide bonds. The lowest BCUT2D eigenvalue weighted by Crippen LogP contribution is -2.03. The lowest BCUT2D eigenvalue weighted by atomic mass is 10.1. The quantitative estimate of drug-likeness (QED) is 0.661. The molecular formula is C16H17N3. The zero-order valence-electron chi connectivity index (χ0n) is 11.7.